The van der Waals surface area contributed by atoms with E-state index in [1.54, 1.807) is 0 Å². The van der Waals surface area contributed by atoms with E-state index in [4.69, 9.17) is 9.84 Å². The fraction of sp³-hybridized carbons (Fsp3) is 0.647. The zero-order valence-corrected chi connectivity index (χ0v) is 16.4. The molecule has 2 aliphatic rings. The van der Waals surface area contributed by atoms with E-state index < -0.39 is 14.9 Å². The molecule has 0 radical (unpaired) electrons. The standard InChI is InChI=1S/C17H26N4O6S/c22-10-5-18-14-3-6-19(7-4-14)16-2-1-15(13-17(16)21(23)24)28(25,26)20-8-11-27-12-9-20/h1-2,13-14,18,22H,3-12H2. The second kappa shape index (κ2) is 9.14. The lowest BCUT2D eigenvalue weighted by Crippen LogP contribution is -2.43. The first-order chi connectivity index (χ1) is 13.4. The first-order valence-corrected chi connectivity index (χ1v) is 10.8. The number of nitrogens with zero attached hydrogens (tertiary/aromatic N) is 3. The summed E-state index contributed by atoms with van der Waals surface area (Å²) in [6, 6.07) is 4.41. The number of benzene rings is 1. The van der Waals surface area contributed by atoms with Gasteiger partial charge in [-0.15, -0.1) is 0 Å². The minimum atomic E-state index is -3.79. The molecule has 0 spiro atoms. The van der Waals surface area contributed by atoms with Crippen LogP contribution in [-0.4, -0.2) is 81.3 Å². The lowest BCUT2D eigenvalue weighted by atomic mass is 10.0. The van der Waals surface area contributed by atoms with Gasteiger partial charge in [0, 0.05) is 44.8 Å². The minimum Gasteiger partial charge on any atom is -0.395 e. The third-order valence-electron chi connectivity index (χ3n) is 5.13. The fourth-order valence-corrected chi connectivity index (χ4v) is 5.04. The van der Waals surface area contributed by atoms with Crippen molar-refractivity contribution in [3.05, 3.63) is 28.3 Å². The van der Waals surface area contributed by atoms with Crippen LogP contribution in [0.15, 0.2) is 23.1 Å². The van der Waals surface area contributed by atoms with E-state index in [1.807, 2.05) is 4.90 Å². The van der Waals surface area contributed by atoms with Gasteiger partial charge in [0.25, 0.3) is 5.69 Å². The predicted octanol–water partition coefficient (Wildman–Crippen LogP) is 0.166. The third-order valence-corrected chi connectivity index (χ3v) is 7.03. The van der Waals surface area contributed by atoms with Crippen LogP contribution in [0.2, 0.25) is 0 Å². The summed E-state index contributed by atoms with van der Waals surface area (Å²) in [5.41, 5.74) is 0.239. The first kappa shape index (κ1) is 20.9. The van der Waals surface area contributed by atoms with Crippen LogP contribution < -0.4 is 10.2 Å². The number of aliphatic hydroxyl groups is 1. The minimum absolute atomic E-state index is 0.0654. The lowest BCUT2D eigenvalue weighted by molar-refractivity contribution is -0.384. The molecule has 28 heavy (non-hydrogen) atoms. The summed E-state index contributed by atoms with van der Waals surface area (Å²) in [6.45, 7) is 2.97. The van der Waals surface area contributed by atoms with E-state index >= 15 is 0 Å². The van der Waals surface area contributed by atoms with Gasteiger partial charge < -0.3 is 20.1 Å². The van der Waals surface area contributed by atoms with Crippen molar-refractivity contribution in [2.45, 2.75) is 23.8 Å². The maximum absolute atomic E-state index is 12.8. The molecule has 0 atom stereocenters. The molecule has 1 aromatic carbocycles. The Morgan fingerprint density at radius 1 is 1.21 bits per heavy atom. The Labute approximate surface area is 164 Å². The number of rotatable bonds is 7. The van der Waals surface area contributed by atoms with Gasteiger partial charge in [0.1, 0.15) is 5.69 Å². The van der Waals surface area contributed by atoms with Crippen LogP contribution in [0, 0.1) is 10.1 Å². The SMILES string of the molecule is O=[N+]([O-])c1cc(S(=O)(=O)N2CCOCC2)ccc1N1CCC(NCCO)CC1. The number of aliphatic hydroxyl groups excluding tert-OH is 1. The fourth-order valence-electron chi connectivity index (χ4n) is 3.61. The second-order valence-electron chi connectivity index (χ2n) is 6.86. The molecule has 0 unspecified atom stereocenters. The molecule has 2 fully saturated rings. The van der Waals surface area contributed by atoms with E-state index in [-0.39, 0.29) is 36.3 Å². The predicted molar refractivity (Wildman–Crippen MR) is 103 cm³/mol. The monoisotopic (exact) mass is 414 g/mol. The highest BCUT2D eigenvalue weighted by atomic mass is 32.2. The Balaban J connectivity index is 1.79. The van der Waals surface area contributed by atoms with Crippen LogP contribution in [-0.2, 0) is 14.8 Å². The van der Waals surface area contributed by atoms with Gasteiger partial charge in [-0.3, -0.25) is 10.1 Å². The van der Waals surface area contributed by atoms with Gasteiger partial charge in [-0.2, -0.15) is 4.31 Å². The molecule has 0 saturated carbocycles. The molecule has 2 heterocycles. The molecule has 2 N–H and O–H groups in total. The molecule has 11 heteroatoms. The van der Waals surface area contributed by atoms with Gasteiger partial charge in [0.05, 0.1) is 29.6 Å². The van der Waals surface area contributed by atoms with Crippen LogP contribution in [0.4, 0.5) is 11.4 Å². The van der Waals surface area contributed by atoms with E-state index in [9.17, 15) is 18.5 Å². The number of nitrogens with one attached hydrogen (secondary N) is 1. The molecule has 0 aliphatic carbocycles. The Morgan fingerprint density at radius 3 is 2.50 bits per heavy atom. The smallest absolute Gasteiger partial charge is 0.293 e. The van der Waals surface area contributed by atoms with Crippen molar-refractivity contribution in [2.75, 3.05) is 57.4 Å². The van der Waals surface area contributed by atoms with Crippen molar-refractivity contribution in [3.63, 3.8) is 0 Å². The Bertz CT molecular complexity index is 789. The number of hydrogen-bond acceptors (Lipinski definition) is 8. The van der Waals surface area contributed by atoms with Crippen LogP contribution in [0.25, 0.3) is 0 Å². The van der Waals surface area contributed by atoms with Gasteiger partial charge >= 0.3 is 0 Å². The van der Waals surface area contributed by atoms with Gasteiger partial charge in [-0.25, -0.2) is 8.42 Å². The number of hydrogen-bond donors (Lipinski definition) is 2. The van der Waals surface area contributed by atoms with Gasteiger partial charge in [0.15, 0.2) is 0 Å². The summed E-state index contributed by atoms with van der Waals surface area (Å²) < 4.78 is 32.1. The molecule has 0 aromatic heterocycles. The number of ether oxygens (including phenoxy) is 1. The number of nitro benzene ring substituents is 1. The Morgan fingerprint density at radius 2 is 1.89 bits per heavy atom. The maximum atomic E-state index is 12.8. The van der Waals surface area contributed by atoms with Crippen LogP contribution >= 0.6 is 0 Å². The molecule has 10 nitrogen and oxygen atoms in total. The van der Waals surface area contributed by atoms with Crippen LogP contribution in [0.3, 0.4) is 0 Å². The molecule has 0 bridgehead atoms. The highest BCUT2D eigenvalue weighted by Crippen LogP contribution is 2.33. The topological polar surface area (TPSA) is 125 Å². The summed E-state index contributed by atoms with van der Waals surface area (Å²) in [7, 11) is -3.79. The molecular weight excluding hydrogens is 388 g/mol. The highest BCUT2D eigenvalue weighted by Gasteiger charge is 2.30. The van der Waals surface area contributed by atoms with E-state index in [1.165, 1.54) is 16.4 Å². The molecule has 156 valence electrons. The first-order valence-electron chi connectivity index (χ1n) is 9.39. The molecule has 2 saturated heterocycles. The third kappa shape index (κ3) is 4.61. The lowest BCUT2D eigenvalue weighted by Gasteiger charge is -2.33. The normalized spacial score (nSPS) is 19.7. The van der Waals surface area contributed by atoms with Gasteiger partial charge in [-0.1, -0.05) is 0 Å². The average molecular weight is 414 g/mol. The number of sulfonamides is 1. The molecule has 0 amide bonds. The van der Waals surface area contributed by atoms with Crippen LogP contribution in [0.5, 0.6) is 0 Å². The molecule has 1 aromatic rings. The number of nitro groups is 1. The van der Waals surface area contributed by atoms with Crippen molar-refractivity contribution < 1.29 is 23.2 Å². The quantitative estimate of drug-likeness (QED) is 0.478. The largest absolute Gasteiger partial charge is 0.395 e. The van der Waals surface area contributed by atoms with Crippen molar-refractivity contribution in [1.82, 2.24) is 9.62 Å². The number of piperidine rings is 1. The van der Waals surface area contributed by atoms with Gasteiger partial charge in [-0.05, 0) is 25.0 Å². The number of anilines is 1. The van der Waals surface area contributed by atoms with Crippen molar-refractivity contribution in [2.24, 2.45) is 0 Å². The van der Waals surface area contributed by atoms with Crippen molar-refractivity contribution in [3.8, 4) is 0 Å². The maximum Gasteiger partial charge on any atom is 0.293 e. The van der Waals surface area contributed by atoms with Crippen LogP contribution in [0.1, 0.15) is 12.8 Å². The number of morpholine rings is 1. The summed E-state index contributed by atoms with van der Waals surface area (Å²) >= 11 is 0. The molecular formula is C17H26N4O6S. The molecule has 2 aliphatic heterocycles. The van der Waals surface area contributed by atoms with Gasteiger partial charge in [0.2, 0.25) is 10.0 Å². The summed E-state index contributed by atoms with van der Waals surface area (Å²) in [5.74, 6) is 0. The van der Waals surface area contributed by atoms with E-state index in [2.05, 4.69) is 5.32 Å². The zero-order valence-electron chi connectivity index (χ0n) is 15.6. The Hall–Kier alpha value is -1.79. The van der Waals surface area contributed by atoms with E-state index in [0.29, 0.717) is 38.5 Å². The summed E-state index contributed by atoms with van der Waals surface area (Å²) in [4.78, 5) is 13.0. The average Bonchev–Trinajstić information content (AvgIpc) is 2.72. The van der Waals surface area contributed by atoms with E-state index in [0.717, 1.165) is 18.9 Å². The highest BCUT2D eigenvalue weighted by molar-refractivity contribution is 7.89. The van der Waals surface area contributed by atoms with Crippen molar-refractivity contribution in [1.29, 1.82) is 0 Å². The molecule has 3 rings (SSSR count). The van der Waals surface area contributed by atoms with Crippen molar-refractivity contribution >= 4 is 21.4 Å². The Kier molecular flexibility index (Phi) is 6.83. The summed E-state index contributed by atoms with van der Waals surface area (Å²) in [5, 5.41) is 23.8. The summed E-state index contributed by atoms with van der Waals surface area (Å²) in [6.07, 6.45) is 1.59. The second-order valence-corrected chi connectivity index (χ2v) is 8.80. The zero-order chi connectivity index (χ0) is 20.1.